The number of carbonyl (C=O) groups excluding carboxylic acids is 1. The van der Waals surface area contributed by atoms with Crippen LogP contribution in [0.15, 0.2) is 47.4 Å². The third kappa shape index (κ3) is 4.76. The van der Waals surface area contributed by atoms with E-state index >= 15 is 0 Å². The summed E-state index contributed by atoms with van der Waals surface area (Å²) in [4.78, 5) is 13.4. The SMILES string of the molecule is CSc1ccc(CNC(=O)C(C)Oc2c(C)cccc2C)cc1. The molecule has 2 aromatic rings. The van der Waals surface area contributed by atoms with Gasteiger partial charge in [0.1, 0.15) is 5.75 Å². The zero-order chi connectivity index (χ0) is 16.8. The Bertz CT molecular complexity index is 647. The number of para-hydroxylation sites is 1. The van der Waals surface area contributed by atoms with E-state index in [0.29, 0.717) is 6.54 Å². The Morgan fingerprint density at radius 2 is 1.74 bits per heavy atom. The Kier molecular flexibility index (Phi) is 6.11. The Labute approximate surface area is 142 Å². The number of ether oxygens (including phenoxy) is 1. The second-order valence-corrected chi connectivity index (χ2v) is 6.43. The normalized spacial score (nSPS) is 11.8. The van der Waals surface area contributed by atoms with Crippen molar-refractivity contribution in [3.8, 4) is 5.75 Å². The van der Waals surface area contributed by atoms with Crippen molar-refractivity contribution in [1.29, 1.82) is 0 Å². The van der Waals surface area contributed by atoms with E-state index in [1.54, 1.807) is 18.7 Å². The number of hydrogen-bond donors (Lipinski definition) is 1. The standard InChI is InChI=1S/C19H23NO2S/c1-13-6-5-7-14(2)18(13)22-15(3)19(21)20-12-16-8-10-17(23-4)11-9-16/h5-11,15H,12H2,1-4H3,(H,20,21). The maximum absolute atomic E-state index is 12.2. The highest BCUT2D eigenvalue weighted by Crippen LogP contribution is 2.23. The minimum absolute atomic E-state index is 0.110. The van der Waals surface area contributed by atoms with Crippen LogP contribution in [0, 0.1) is 13.8 Å². The van der Waals surface area contributed by atoms with Crippen LogP contribution < -0.4 is 10.1 Å². The van der Waals surface area contributed by atoms with Crippen molar-refractivity contribution in [2.45, 2.75) is 38.3 Å². The van der Waals surface area contributed by atoms with Crippen molar-refractivity contribution in [3.63, 3.8) is 0 Å². The molecule has 122 valence electrons. The average Bonchev–Trinajstić information content (AvgIpc) is 2.56. The Hall–Kier alpha value is -1.94. The third-order valence-electron chi connectivity index (χ3n) is 3.70. The lowest BCUT2D eigenvalue weighted by molar-refractivity contribution is -0.127. The van der Waals surface area contributed by atoms with Gasteiger partial charge in [0.2, 0.25) is 0 Å². The molecular weight excluding hydrogens is 306 g/mol. The smallest absolute Gasteiger partial charge is 0.261 e. The van der Waals surface area contributed by atoms with Crippen molar-refractivity contribution in [3.05, 3.63) is 59.2 Å². The Morgan fingerprint density at radius 1 is 1.13 bits per heavy atom. The van der Waals surface area contributed by atoms with Crippen LogP contribution in [0.2, 0.25) is 0 Å². The molecule has 0 spiro atoms. The predicted octanol–water partition coefficient (Wildman–Crippen LogP) is 4.11. The first kappa shape index (κ1) is 17.4. The van der Waals surface area contributed by atoms with Gasteiger partial charge in [0, 0.05) is 11.4 Å². The van der Waals surface area contributed by atoms with E-state index in [-0.39, 0.29) is 5.91 Å². The molecule has 0 aliphatic carbocycles. The van der Waals surface area contributed by atoms with E-state index in [1.807, 2.05) is 50.4 Å². The van der Waals surface area contributed by atoms with Crippen LogP contribution in [-0.4, -0.2) is 18.3 Å². The zero-order valence-electron chi connectivity index (χ0n) is 14.1. The quantitative estimate of drug-likeness (QED) is 0.811. The Balaban J connectivity index is 1.92. The van der Waals surface area contributed by atoms with Gasteiger partial charge in [0.05, 0.1) is 0 Å². The van der Waals surface area contributed by atoms with Crippen LogP contribution in [-0.2, 0) is 11.3 Å². The molecule has 1 atom stereocenters. The fourth-order valence-corrected chi connectivity index (χ4v) is 2.70. The number of thioether (sulfide) groups is 1. The molecule has 2 rings (SSSR count). The predicted molar refractivity (Wildman–Crippen MR) is 96.1 cm³/mol. The molecular formula is C19H23NO2S. The lowest BCUT2D eigenvalue weighted by Gasteiger charge is -2.18. The largest absolute Gasteiger partial charge is 0.480 e. The second-order valence-electron chi connectivity index (χ2n) is 5.55. The van der Waals surface area contributed by atoms with Crippen LogP contribution in [0.3, 0.4) is 0 Å². The molecule has 0 radical (unpaired) electrons. The lowest BCUT2D eigenvalue weighted by atomic mass is 10.1. The van der Waals surface area contributed by atoms with Crippen molar-refractivity contribution in [2.75, 3.05) is 6.26 Å². The lowest BCUT2D eigenvalue weighted by Crippen LogP contribution is -2.36. The van der Waals surface area contributed by atoms with E-state index in [0.717, 1.165) is 22.4 Å². The highest BCUT2D eigenvalue weighted by molar-refractivity contribution is 7.98. The molecule has 3 nitrogen and oxygen atoms in total. The summed E-state index contributed by atoms with van der Waals surface area (Å²) in [6.45, 7) is 6.26. The molecule has 0 bridgehead atoms. The first-order chi connectivity index (χ1) is 11.0. The van der Waals surface area contributed by atoms with Gasteiger partial charge in [-0.2, -0.15) is 0 Å². The van der Waals surface area contributed by atoms with Crippen molar-refractivity contribution < 1.29 is 9.53 Å². The average molecular weight is 329 g/mol. The van der Waals surface area contributed by atoms with Crippen LogP contribution in [0.25, 0.3) is 0 Å². The van der Waals surface area contributed by atoms with Crippen molar-refractivity contribution >= 4 is 17.7 Å². The van der Waals surface area contributed by atoms with E-state index in [2.05, 4.69) is 17.4 Å². The molecule has 1 amide bonds. The van der Waals surface area contributed by atoms with E-state index in [4.69, 9.17) is 4.74 Å². The van der Waals surface area contributed by atoms with Gasteiger partial charge in [0.15, 0.2) is 6.10 Å². The topological polar surface area (TPSA) is 38.3 Å². The number of rotatable bonds is 6. The number of carbonyl (C=O) groups is 1. The maximum Gasteiger partial charge on any atom is 0.261 e. The highest BCUT2D eigenvalue weighted by Gasteiger charge is 2.16. The van der Waals surface area contributed by atoms with Crippen LogP contribution in [0.4, 0.5) is 0 Å². The molecule has 0 aliphatic rings. The molecule has 0 saturated heterocycles. The summed E-state index contributed by atoms with van der Waals surface area (Å²) >= 11 is 1.70. The molecule has 23 heavy (non-hydrogen) atoms. The van der Waals surface area contributed by atoms with Gasteiger partial charge in [-0.1, -0.05) is 30.3 Å². The van der Waals surface area contributed by atoms with Crippen molar-refractivity contribution in [1.82, 2.24) is 5.32 Å². The number of hydrogen-bond acceptors (Lipinski definition) is 3. The van der Waals surface area contributed by atoms with E-state index in [9.17, 15) is 4.79 Å². The molecule has 0 saturated carbocycles. The van der Waals surface area contributed by atoms with E-state index < -0.39 is 6.10 Å². The van der Waals surface area contributed by atoms with Gasteiger partial charge < -0.3 is 10.1 Å². The minimum atomic E-state index is -0.528. The number of nitrogens with one attached hydrogen (secondary N) is 1. The molecule has 0 aliphatic heterocycles. The van der Waals surface area contributed by atoms with Crippen LogP contribution in [0.5, 0.6) is 5.75 Å². The molecule has 0 fully saturated rings. The minimum Gasteiger partial charge on any atom is -0.480 e. The first-order valence-electron chi connectivity index (χ1n) is 7.64. The molecule has 0 aromatic heterocycles. The third-order valence-corrected chi connectivity index (χ3v) is 4.44. The van der Waals surface area contributed by atoms with Gasteiger partial charge in [-0.15, -0.1) is 11.8 Å². The second kappa shape index (κ2) is 8.06. The summed E-state index contributed by atoms with van der Waals surface area (Å²) in [6, 6.07) is 14.1. The van der Waals surface area contributed by atoms with Gasteiger partial charge in [0.25, 0.3) is 5.91 Å². The number of benzene rings is 2. The molecule has 1 N–H and O–H groups in total. The van der Waals surface area contributed by atoms with Gasteiger partial charge in [-0.25, -0.2) is 0 Å². The van der Waals surface area contributed by atoms with E-state index in [1.165, 1.54) is 4.90 Å². The summed E-state index contributed by atoms with van der Waals surface area (Å²) in [5.74, 6) is 0.682. The molecule has 1 unspecified atom stereocenters. The number of amides is 1. The first-order valence-corrected chi connectivity index (χ1v) is 8.87. The fourth-order valence-electron chi connectivity index (χ4n) is 2.29. The van der Waals surface area contributed by atoms with Gasteiger partial charge in [-0.3, -0.25) is 4.79 Å². The van der Waals surface area contributed by atoms with Gasteiger partial charge in [-0.05, 0) is 55.9 Å². The molecule has 4 heteroatoms. The van der Waals surface area contributed by atoms with Crippen molar-refractivity contribution in [2.24, 2.45) is 0 Å². The summed E-state index contributed by atoms with van der Waals surface area (Å²) in [7, 11) is 0. The van der Waals surface area contributed by atoms with Crippen LogP contribution in [0.1, 0.15) is 23.6 Å². The Morgan fingerprint density at radius 3 is 2.30 bits per heavy atom. The fraction of sp³-hybridized carbons (Fsp3) is 0.316. The van der Waals surface area contributed by atoms with Crippen LogP contribution >= 0.6 is 11.8 Å². The molecule has 0 heterocycles. The van der Waals surface area contributed by atoms with Gasteiger partial charge >= 0.3 is 0 Å². The summed E-state index contributed by atoms with van der Waals surface area (Å²) < 4.78 is 5.85. The monoisotopic (exact) mass is 329 g/mol. The maximum atomic E-state index is 12.2. The zero-order valence-corrected chi connectivity index (χ0v) is 14.9. The number of aryl methyl sites for hydroxylation is 2. The summed E-state index contributed by atoms with van der Waals surface area (Å²) in [5, 5.41) is 2.92. The summed E-state index contributed by atoms with van der Waals surface area (Å²) in [5.41, 5.74) is 3.16. The molecule has 2 aromatic carbocycles. The highest BCUT2D eigenvalue weighted by atomic mass is 32.2. The summed E-state index contributed by atoms with van der Waals surface area (Å²) in [6.07, 6.45) is 1.52.